The number of amides is 3. The van der Waals surface area contributed by atoms with Crippen molar-refractivity contribution in [2.24, 2.45) is 0 Å². The minimum absolute atomic E-state index is 0.0516. The Morgan fingerprint density at radius 3 is 2.81 bits per heavy atom. The second kappa shape index (κ2) is 9.34. The molecule has 0 spiro atoms. The van der Waals surface area contributed by atoms with E-state index in [0.717, 1.165) is 0 Å². The third-order valence-corrected chi connectivity index (χ3v) is 6.44. The number of hydrogen-bond acceptors (Lipinski definition) is 6. The summed E-state index contributed by atoms with van der Waals surface area (Å²) in [4.78, 5) is 42.7. The molecule has 3 N–H and O–H groups in total. The van der Waals surface area contributed by atoms with Gasteiger partial charge in [0.15, 0.2) is 0 Å². The Hall–Kier alpha value is -3.14. The molecular weight excluding hydrogens is 421 g/mol. The van der Waals surface area contributed by atoms with E-state index < -0.39 is 11.3 Å². The van der Waals surface area contributed by atoms with Crippen molar-refractivity contribution >= 4 is 41.0 Å². The van der Waals surface area contributed by atoms with Gasteiger partial charge in [-0.15, -0.1) is 11.8 Å². The summed E-state index contributed by atoms with van der Waals surface area (Å²) in [5.74, 6) is 0.0468. The molecule has 2 aliphatic rings. The van der Waals surface area contributed by atoms with Gasteiger partial charge in [-0.2, -0.15) is 0 Å². The first-order valence-electron chi connectivity index (χ1n) is 9.93. The molecule has 4 rings (SSSR count). The molecule has 2 aromatic rings. The van der Waals surface area contributed by atoms with Gasteiger partial charge < -0.3 is 20.9 Å². The smallest absolute Gasteiger partial charge is 0.247 e. The number of thioether (sulfide) groups is 1. The summed E-state index contributed by atoms with van der Waals surface area (Å²) in [7, 11) is 0. The van der Waals surface area contributed by atoms with Crippen LogP contribution < -0.4 is 20.9 Å². The Labute approximate surface area is 183 Å². The lowest BCUT2D eigenvalue weighted by molar-refractivity contribution is -0.126. The lowest BCUT2D eigenvalue weighted by Gasteiger charge is -2.28. The van der Waals surface area contributed by atoms with Gasteiger partial charge in [0.2, 0.25) is 17.7 Å². The first-order valence-corrected chi connectivity index (χ1v) is 11.0. The Balaban J connectivity index is 1.31. The monoisotopic (exact) mass is 443 g/mol. The Morgan fingerprint density at radius 1 is 1.26 bits per heavy atom. The van der Waals surface area contributed by atoms with Crippen LogP contribution in [0.2, 0.25) is 0 Å². The van der Waals surface area contributed by atoms with Crippen molar-refractivity contribution in [1.82, 2.24) is 15.6 Å². The highest BCUT2D eigenvalue weighted by molar-refractivity contribution is 8.00. The summed E-state index contributed by atoms with van der Waals surface area (Å²) in [6, 6.07) is 9.15. The number of pyridine rings is 1. The number of piperazine rings is 1. The van der Waals surface area contributed by atoms with Crippen LogP contribution in [0.15, 0.2) is 42.6 Å². The maximum absolute atomic E-state index is 13.9. The average Bonchev–Trinajstić information content (AvgIpc) is 2.77. The lowest BCUT2D eigenvalue weighted by Crippen LogP contribution is -2.52. The number of aromatic nitrogens is 1. The largest absolute Gasteiger partial charge is 0.353 e. The number of carbonyl (C=O) groups excluding carboxylic acids is 3. The third kappa shape index (κ3) is 5.13. The van der Waals surface area contributed by atoms with Crippen molar-refractivity contribution in [1.29, 1.82) is 0 Å². The van der Waals surface area contributed by atoms with Gasteiger partial charge in [-0.25, -0.2) is 9.37 Å². The van der Waals surface area contributed by atoms with E-state index in [1.54, 1.807) is 30.3 Å². The minimum atomic E-state index is -0.681. The van der Waals surface area contributed by atoms with E-state index in [1.807, 2.05) is 4.90 Å². The van der Waals surface area contributed by atoms with Crippen LogP contribution in [0.25, 0.3) is 0 Å². The first-order chi connectivity index (χ1) is 15.0. The molecule has 1 aromatic heterocycles. The van der Waals surface area contributed by atoms with Crippen LogP contribution in [0.4, 0.5) is 15.9 Å². The van der Waals surface area contributed by atoms with Gasteiger partial charge in [-0.3, -0.25) is 14.4 Å². The second-order valence-electron chi connectivity index (χ2n) is 7.34. The SMILES string of the molecule is O=C1CN(c2ccc(NC(=O)[C@H]3CS[C@@H](Cc4ccccc4F)C(=O)N3)cn2)CCN1. The number of halogens is 1. The topological polar surface area (TPSA) is 103 Å². The molecule has 0 unspecified atom stereocenters. The van der Waals surface area contributed by atoms with E-state index in [2.05, 4.69) is 20.9 Å². The molecule has 162 valence electrons. The van der Waals surface area contributed by atoms with Gasteiger partial charge in [0.1, 0.15) is 17.7 Å². The van der Waals surface area contributed by atoms with Crippen LogP contribution >= 0.6 is 11.8 Å². The van der Waals surface area contributed by atoms with Crippen molar-refractivity contribution in [3.63, 3.8) is 0 Å². The van der Waals surface area contributed by atoms with Gasteiger partial charge in [0.25, 0.3) is 0 Å². The van der Waals surface area contributed by atoms with E-state index in [9.17, 15) is 18.8 Å². The molecule has 2 aliphatic heterocycles. The lowest BCUT2D eigenvalue weighted by atomic mass is 10.1. The molecule has 0 radical (unpaired) electrons. The summed E-state index contributed by atoms with van der Waals surface area (Å²) in [6.07, 6.45) is 1.80. The number of nitrogens with zero attached hydrogens (tertiary/aromatic N) is 2. The van der Waals surface area contributed by atoms with Gasteiger partial charge in [0.05, 0.1) is 23.7 Å². The normalized spacial score (nSPS) is 21.3. The van der Waals surface area contributed by atoms with Gasteiger partial charge in [-0.05, 0) is 30.2 Å². The Morgan fingerprint density at radius 2 is 2.10 bits per heavy atom. The molecule has 0 aliphatic carbocycles. The van der Waals surface area contributed by atoms with Crippen LogP contribution in [0.1, 0.15) is 5.56 Å². The molecule has 31 heavy (non-hydrogen) atoms. The van der Waals surface area contributed by atoms with E-state index in [1.165, 1.54) is 24.0 Å². The number of nitrogens with one attached hydrogen (secondary N) is 3. The van der Waals surface area contributed by atoms with Crippen LogP contribution in [-0.4, -0.2) is 59.4 Å². The number of anilines is 2. The molecule has 10 heteroatoms. The summed E-state index contributed by atoms with van der Waals surface area (Å²) in [5.41, 5.74) is 0.985. The van der Waals surface area contributed by atoms with Crippen LogP contribution in [0.3, 0.4) is 0 Å². The average molecular weight is 444 g/mol. The fourth-order valence-corrected chi connectivity index (χ4v) is 4.64. The van der Waals surface area contributed by atoms with E-state index in [-0.39, 0.29) is 36.5 Å². The summed E-state index contributed by atoms with van der Waals surface area (Å²) < 4.78 is 13.9. The van der Waals surface area contributed by atoms with Crippen molar-refractivity contribution in [3.8, 4) is 0 Å². The number of benzene rings is 1. The molecular formula is C21H22FN5O3S. The zero-order valence-electron chi connectivity index (χ0n) is 16.6. The molecule has 3 amide bonds. The molecule has 3 heterocycles. The number of carbonyl (C=O) groups is 3. The van der Waals surface area contributed by atoms with Crippen LogP contribution in [-0.2, 0) is 20.8 Å². The fourth-order valence-electron chi connectivity index (χ4n) is 3.46. The number of hydrogen-bond donors (Lipinski definition) is 3. The van der Waals surface area contributed by atoms with Crippen molar-refractivity contribution in [2.75, 3.05) is 35.6 Å². The molecule has 8 nitrogen and oxygen atoms in total. The molecule has 2 atom stereocenters. The van der Waals surface area contributed by atoms with Gasteiger partial charge in [-0.1, -0.05) is 18.2 Å². The predicted molar refractivity (Wildman–Crippen MR) is 116 cm³/mol. The Bertz CT molecular complexity index is 987. The highest BCUT2D eigenvalue weighted by Crippen LogP contribution is 2.24. The fraction of sp³-hybridized carbons (Fsp3) is 0.333. The molecule has 2 fully saturated rings. The minimum Gasteiger partial charge on any atom is -0.353 e. The van der Waals surface area contributed by atoms with Crippen molar-refractivity contribution in [3.05, 3.63) is 54.0 Å². The zero-order valence-corrected chi connectivity index (χ0v) is 17.5. The maximum atomic E-state index is 13.9. The molecule has 1 aromatic carbocycles. The van der Waals surface area contributed by atoms with E-state index >= 15 is 0 Å². The van der Waals surface area contributed by atoms with E-state index in [0.29, 0.717) is 35.9 Å². The molecule has 0 bridgehead atoms. The predicted octanol–water partition coefficient (Wildman–Crippen LogP) is 0.938. The van der Waals surface area contributed by atoms with Crippen LogP contribution in [0.5, 0.6) is 0 Å². The maximum Gasteiger partial charge on any atom is 0.247 e. The summed E-state index contributed by atoms with van der Waals surface area (Å²) in [6.45, 7) is 1.48. The summed E-state index contributed by atoms with van der Waals surface area (Å²) >= 11 is 1.34. The van der Waals surface area contributed by atoms with E-state index in [4.69, 9.17) is 0 Å². The molecule has 0 saturated carbocycles. The second-order valence-corrected chi connectivity index (χ2v) is 8.58. The quantitative estimate of drug-likeness (QED) is 0.636. The summed E-state index contributed by atoms with van der Waals surface area (Å²) in [5, 5.41) is 7.80. The molecule has 2 saturated heterocycles. The standard InChI is InChI=1S/C21H22FN5O3S/c22-15-4-2-1-3-13(15)9-17-21(30)26-16(12-31-17)20(29)25-14-5-6-18(24-10-14)27-8-7-23-19(28)11-27/h1-6,10,16-17H,7-9,11-12H2,(H,23,28)(H,25,29)(H,26,30)/t16-,17+/m1/s1. The van der Waals surface area contributed by atoms with Crippen molar-refractivity contribution in [2.45, 2.75) is 17.7 Å². The van der Waals surface area contributed by atoms with Crippen LogP contribution in [0, 0.1) is 5.82 Å². The van der Waals surface area contributed by atoms with Crippen molar-refractivity contribution < 1.29 is 18.8 Å². The van der Waals surface area contributed by atoms with Gasteiger partial charge in [0, 0.05) is 18.8 Å². The Kier molecular flexibility index (Phi) is 6.36. The zero-order chi connectivity index (χ0) is 21.8. The van der Waals surface area contributed by atoms with Gasteiger partial charge >= 0.3 is 0 Å². The number of rotatable bonds is 5. The first kappa shape index (κ1) is 21.1. The highest BCUT2D eigenvalue weighted by atomic mass is 32.2. The highest BCUT2D eigenvalue weighted by Gasteiger charge is 2.33. The third-order valence-electron chi connectivity index (χ3n) is 5.13.